The number of likely N-dealkylation sites (N-methyl/N-ethyl adjacent to an activating group) is 1. The second-order valence-corrected chi connectivity index (χ2v) is 6.98. The fraction of sp³-hybridized carbons (Fsp3) is 0.300. The molecule has 2 aromatic rings. The van der Waals surface area contributed by atoms with Crippen LogP contribution >= 0.6 is 23.2 Å². The van der Waals surface area contributed by atoms with Crippen molar-refractivity contribution in [3.05, 3.63) is 69.2 Å². The van der Waals surface area contributed by atoms with E-state index in [4.69, 9.17) is 23.2 Å². The molecule has 0 aliphatic carbocycles. The molecular weight excluding hydrogens is 371 g/mol. The maximum Gasteiger partial charge on any atom is 0.242 e. The van der Waals surface area contributed by atoms with E-state index in [1.54, 1.807) is 37.1 Å². The minimum atomic E-state index is -0.606. The van der Waals surface area contributed by atoms with E-state index in [-0.39, 0.29) is 24.8 Å². The van der Waals surface area contributed by atoms with Gasteiger partial charge in [-0.25, -0.2) is 0 Å². The second-order valence-electron chi connectivity index (χ2n) is 6.16. The molecule has 0 aliphatic rings. The molecule has 0 saturated heterocycles. The number of carbonyl (C=O) groups excluding carboxylic acids is 2. The Morgan fingerprint density at radius 1 is 1.12 bits per heavy atom. The maximum atomic E-state index is 13.0. The molecule has 0 spiro atoms. The van der Waals surface area contributed by atoms with Crippen molar-refractivity contribution in [2.75, 3.05) is 7.05 Å². The number of hydrogen-bond acceptors (Lipinski definition) is 2. The first kappa shape index (κ1) is 20.3. The van der Waals surface area contributed by atoms with Crippen LogP contribution in [0.15, 0.2) is 42.5 Å². The number of nitrogens with zero attached hydrogens (tertiary/aromatic N) is 1. The van der Waals surface area contributed by atoms with Gasteiger partial charge in [-0.2, -0.15) is 0 Å². The van der Waals surface area contributed by atoms with E-state index < -0.39 is 6.04 Å². The average molecular weight is 393 g/mol. The molecule has 0 saturated carbocycles. The molecule has 0 bridgehead atoms. The number of benzene rings is 2. The van der Waals surface area contributed by atoms with Crippen molar-refractivity contribution in [2.24, 2.45) is 0 Å². The van der Waals surface area contributed by atoms with Gasteiger partial charge in [0, 0.05) is 13.6 Å². The van der Waals surface area contributed by atoms with Crippen molar-refractivity contribution >= 4 is 35.0 Å². The van der Waals surface area contributed by atoms with Gasteiger partial charge in [-0.1, -0.05) is 53.5 Å². The minimum Gasteiger partial charge on any atom is -0.357 e. The lowest BCUT2D eigenvalue weighted by molar-refractivity contribution is -0.139. The summed E-state index contributed by atoms with van der Waals surface area (Å²) in [6.45, 7) is 3.95. The van der Waals surface area contributed by atoms with Crippen molar-refractivity contribution in [1.82, 2.24) is 10.2 Å². The topological polar surface area (TPSA) is 49.4 Å². The van der Waals surface area contributed by atoms with E-state index in [1.165, 1.54) is 0 Å². The zero-order valence-corrected chi connectivity index (χ0v) is 16.6. The third-order valence-electron chi connectivity index (χ3n) is 4.35. The van der Waals surface area contributed by atoms with Gasteiger partial charge in [0.15, 0.2) is 0 Å². The molecule has 2 amide bonds. The van der Waals surface area contributed by atoms with Gasteiger partial charge in [0.25, 0.3) is 0 Å². The van der Waals surface area contributed by atoms with Gasteiger partial charge in [-0.05, 0) is 42.7 Å². The zero-order chi connectivity index (χ0) is 19.3. The molecule has 1 N–H and O–H groups in total. The zero-order valence-electron chi connectivity index (χ0n) is 15.1. The Hall–Kier alpha value is -2.04. The van der Waals surface area contributed by atoms with E-state index in [0.29, 0.717) is 10.0 Å². The van der Waals surface area contributed by atoms with Crippen LogP contribution in [0.5, 0.6) is 0 Å². The van der Waals surface area contributed by atoms with E-state index in [0.717, 1.165) is 16.7 Å². The van der Waals surface area contributed by atoms with Crippen molar-refractivity contribution in [2.45, 2.75) is 32.9 Å². The molecule has 0 fully saturated rings. The fourth-order valence-corrected chi connectivity index (χ4v) is 3.02. The molecular formula is C20H22Cl2N2O2. The normalized spacial score (nSPS) is 11.7. The summed E-state index contributed by atoms with van der Waals surface area (Å²) in [7, 11) is 1.56. The van der Waals surface area contributed by atoms with E-state index >= 15 is 0 Å². The SMILES string of the molecule is CNC(=O)C(C)N(Cc1ccc(Cl)c(Cl)c1)C(=O)Cc1ccccc1C. The Bertz CT molecular complexity index is 808. The van der Waals surface area contributed by atoms with Crippen LogP contribution in [-0.2, 0) is 22.6 Å². The van der Waals surface area contributed by atoms with Crippen molar-refractivity contribution < 1.29 is 9.59 Å². The number of aryl methyl sites for hydroxylation is 1. The number of carbonyl (C=O) groups is 2. The highest BCUT2D eigenvalue weighted by Gasteiger charge is 2.26. The van der Waals surface area contributed by atoms with Crippen molar-refractivity contribution in [3.63, 3.8) is 0 Å². The maximum absolute atomic E-state index is 13.0. The number of hydrogen-bond donors (Lipinski definition) is 1. The molecule has 0 aromatic heterocycles. The first-order valence-corrected chi connectivity index (χ1v) is 9.08. The molecule has 26 heavy (non-hydrogen) atoms. The summed E-state index contributed by atoms with van der Waals surface area (Å²) in [6.07, 6.45) is 0.231. The molecule has 2 rings (SSSR count). The number of amides is 2. The Kier molecular flexibility index (Phi) is 7.06. The van der Waals surface area contributed by atoms with E-state index in [2.05, 4.69) is 5.32 Å². The fourth-order valence-electron chi connectivity index (χ4n) is 2.70. The molecule has 0 radical (unpaired) electrons. The van der Waals surface area contributed by atoms with Gasteiger partial charge in [0.05, 0.1) is 16.5 Å². The number of nitrogens with one attached hydrogen (secondary N) is 1. The minimum absolute atomic E-state index is 0.124. The van der Waals surface area contributed by atoms with E-state index in [9.17, 15) is 9.59 Å². The molecule has 0 aliphatic heterocycles. The summed E-state index contributed by atoms with van der Waals surface area (Å²) in [6, 6.07) is 12.3. The highest BCUT2D eigenvalue weighted by molar-refractivity contribution is 6.42. The van der Waals surface area contributed by atoms with Crippen LogP contribution in [0.4, 0.5) is 0 Å². The molecule has 6 heteroatoms. The molecule has 2 aromatic carbocycles. The first-order valence-electron chi connectivity index (χ1n) is 8.33. The summed E-state index contributed by atoms with van der Waals surface area (Å²) in [5, 5.41) is 3.47. The highest BCUT2D eigenvalue weighted by Crippen LogP contribution is 2.24. The molecule has 138 valence electrons. The number of rotatable bonds is 6. The second kappa shape index (κ2) is 9.06. The standard InChI is InChI=1S/C20H22Cl2N2O2/c1-13-6-4-5-7-16(13)11-19(25)24(14(2)20(26)23-3)12-15-8-9-17(21)18(22)10-15/h4-10,14H,11-12H2,1-3H3,(H,23,26). The third-order valence-corrected chi connectivity index (χ3v) is 5.09. The summed E-state index contributed by atoms with van der Waals surface area (Å²) >= 11 is 12.0. The summed E-state index contributed by atoms with van der Waals surface area (Å²) in [4.78, 5) is 26.7. The predicted octanol–water partition coefficient (Wildman–Crippen LogP) is 4.01. The summed E-state index contributed by atoms with van der Waals surface area (Å²) < 4.78 is 0. The van der Waals surface area contributed by atoms with Crippen LogP contribution < -0.4 is 5.32 Å². The van der Waals surface area contributed by atoms with Gasteiger partial charge >= 0.3 is 0 Å². The summed E-state index contributed by atoms with van der Waals surface area (Å²) in [5.74, 6) is -0.343. The monoisotopic (exact) mass is 392 g/mol. The van der Waals surface area contributed by atoms with Crippen molar-refractivity contribution in [3.8, 4) is 0 Å². The Labute approximate surface area is 164 Å². The number of halogens is 2. The lowest BCUT2D eigenvalue weighted by Gasteiger charge is -2.28. The van der Waals surface area contributed by atoms with Crippen LogP contribution in [0.25, 0.3) is 0 Å². The smallest absolute Gasteiger partial charge is 0.242 e. The van der Waals surface area contributed by atoms with Gasteiger partial charge in [-0.15, -0.1) is 0 Å². The van der Waals surface area contributed by atoms with Gasteiger partial charge in [0.2, 0.25) is 11.8 Å². The molecule has 0 heterocycles. The summed E-state index contributed by atoms with van der Waals surface area (Å²) in [5.41, 5.74) is 2.80. The van der Waals surface area contributed by atoms with Crippen LogP contribution in [0, 0.1) is 6.92 Å². The Morgan fingerprint density at radius 2 is 1.81 bits per heavy atom. The predicted molar refractivity (Wildman–Crippen MR) is 105 cm³/mol. The molecule has 1 atom stereocenters. The van der Waals surface area contributed by atoms with Gasteiger partial charge < -0.3 is 10.2 Å². The highest BCUT2D eigenvalue weighted by atomic mass is 35.5. The lowest BCUT2D eigenvalue weighted by Crippen LogP contribution is -2.47. The molecule has 4 nitrogen and oxygen atoms in total. The van der Waals surface area contributed by atoms with Crippen molar-refractivity contribution in [1.29, 1.82) is 0 Å². The quantitative estimate of drug-likeness (QED) is 0.806. The lowest BCUT2D eigenvalue weighted by atomic mass is 10.0. The van der Waals surface area contributed by atoms with Gasteiger partial charge in [-0.3, -0.25) is 9.59 Å². The largest absolute Gasteiger partial charge is 0.357 e. The van der Waals surface area contributed by atoms with Crippen LogP contribution in [0.1, 0.15) is 23.6 Å². The van der Waals surface area contributed by atoms with E-state index in [1.807, 2.05) is 31.2 Å². The van der Waals surface area contributed by atoms with Crippen LogP contribution in [0.3, 0.4) is 0 Å². The third kappa shape index (κ3) is 4.99. The first-order chi connectivity index (χ1) is 12.3. The Balaban J connectivity index is 2.27. The Morgan fingerprint density at radius 3 is 2.42 bits per heavy atom. The van der Waals surface area contributed by atoms with Gasteiger partial charge in [0.1, 0.15) is 6.04 Å². The van der Waals surface area contributed by atoms with Crippen LogP contribution in [0.2, 0.25) is 10.0 Å². The van der Waals surface area contributed by atoms with Crippen LogP contribution in [-0.4, -0.2) is 29.8 Å². The molecule has 1 unspecified atom stereocenters. The average Bonchev–Trinajstić information content (AvgIpc) is 2.63.